The molecule has 0 aliphatic carbocycles. The van der Waals surface area contributed by atoms with Crippen molar-refractivity contribution < 1.29 is 9.63 Å². The molecule has 0 aromatic heterocycles. The minimum Gasteiger partial charge on any atom is -0.359 e. The van der Waals surface area contributed by atoms with Gasteiger partial charge in [-0.1, -0.05) is 6.92 Å². The van der Waals surface area contributed by atoms with Gasteiger partial charge in [0.2, 0.25) is 5.91 Å². The molecule has 2 atom stereocenters. The summed E-state index contributed by atoms with van der Waals surface area (Å²) < 4.78 is 0. The van der Waals surface area contributed by atoms with Gasteiger partial charge in [0, 0.05) is 13.0 Å². The van der Waals surface area contributed by atoms with Gasteiger partial charge in [-0.3, -0.25) is 4.79 Å². The fourth-order valence-electron chi connectivity index (χ4n) is 0.930. The fraction of sp³-hybridized carbons (Fsp3) is 0.875. The summed E-state index contributed by atoms with van der Waals surface area (Å²) in [7, 11) is 1.64. The van der Waals surface area contributed by atoms with E-state index < -0.39 is 0 Å². The molecule has 0 bridgehead atoms. The maximum Gasteiger partial charge on any atom is 0.222 e. The van der Waals surface area contributed by atoms with Crippen LogP contribution in [0.3, 0.4) is 0 Å². The van der Waals surface area contributed by atoms with Crippen LogP contribution in [0.5, 0.6) is 0 Å². The van der Waals surface area contributed by atoms with Crippen LogP contribution in [0.4, 0.5) is 0 Å². The summed E-state index contributed by atoms with van der Waals surface area (Å²) >= 11 is 0. The molecule has 4 heteroatoms. The first-order chi connectivity index (χ1) is 5.61. The SMILES string of the molecule is CNC(=O)[C@H](C)CC[C@@H](C)ON. The summed E-state index contributed by atoms with van der Waals surface area (Å²) in [6, 6.07) is 0. The minimum absolute atomic E-state index is 0.0251. The summed E-state index contributed by atoms with van der Waals surface area (Å²) in [5.41, 5.74) is 0. The highest BCUT2D eigenvalue weighted by molar-refractivity contribution is 5.77. The third-order valence-electron chi connectivity index (χ3n) is 1.93. The van der Waals surface area contributed by atoms with Crippen molar-refractivity contribution >= 4 is 5.91 Å². The van der Waals surface area contributed by atoms with Crippen molar-refractivity contribution in [2.24, 2.45) is 11.8 Å². The highest BCUT2D eigenvalue weighted by Gasteiger charge is 2.12. The number of amides is 1. The van der Waals surface area contributed by atoms with Gasteiger partial charge in [-0.15, -0.1) is 0 Å². The van der Waals surface area contributed by atoms with E-state index in [4.69, 9.17) is 5.90 Å². The average Bonchev–Trinajstić information content (AvgIpc) is 2.11. The molecule has 3 N–H and O–H groups in total. The van der Waals surface area contributed by atoms with Crippen LogP contribution in [0.25, 0.3) is 0 Å². The maximum atomic E-state index is 11.0. The van der Waals surface area contributed by atoms with Gasteiger partial charge in [-0.05, 0) is 19.8 Å². The third-order valence-corrected chi connectivity index (χ3v) is 1.93. The molecule has 0 fully saturated rings. The normalized spacial score (nSPS) is 15.3. The van der Waals surface area contributed by atoms with Gasteiger partial charge in [0.05, 0.1) is 6.10 Å². The van der Waals surface area contributed by atoms with E-state index in [1.165, 1.54) is 0 Å². The molecule has 0 aromatic carbocycles. The molecular formula is C8H18N2O2. The van der Waals surface area contributed by atoms with E-state index >= 15 is 0 Å². The van der Waals surface area contributed by atoms with Gasteiger partial charge in [0.25, 0.3) is 0 Å². The topological polar surface area (TPSA) is 64.3 Å². The summed E-state index contributed by atoms with van der Waals surface area (Å²) in [6.45, 7) is 3.78. The largest absolute Gasteiger partial charge is 0.359 e. The van der Waals surface area contributed by atoms with Crippen LogP contribution in [0.1, 0.15) is 26.7 Å². The van der Waals surface area contributed by atoms with Crippen LogP contribution >= 0.6 is 0 Å². The second-order valence-electron chi connectivity index (χ2n) is 3.04. The van der Waals surface area contributed by atoms with E-state index in [2.05, 4.69) is 10.2 Å². The predicted molar refractivity (Wildman–Crippen MR) is 47.2 cm³/mol. The highest BCUT2D eigenvalue weighted by atomic mass is 16.6. The van der Waals surface area contributed by atoms with E-state index in [0.29, 0.717) is 0 Å². The number of hydrogen-bond donors (Lipinski definition) is 2. The Balaban J connectivity index is 3.56. The number of carbonyl (C=O) groups is 1. The molecule has 0 heterocycles. The maximum absolute atomic E-state index is 11.0. The van der Waals surface area contributed by atoms with Gasteiger partial charge in [-0.25, -0.2) is 5.90 Å². The molecule has 0 saturated heterocycles. The van der Waals surface area contributed by atoms with Crippen molar-refractivity contribution in [1.29, 1.82) is 0 Å². The van der Waals surface area contributed by atoms with Crippen LogP contribution in [0.15, 0.2) is 0 Å². The lowest BCUT2D eigenvalue weighted by atomic mass is 10.0. The number of nitrogens with two attached hydrogens (primary N) is 1. The molecule has 0 aliphatic rings. The Labute approximate surface area is 73.4 Å². The van der Waals surface area contributed by atoms with E-state index in [9.17, 15) is 4.79 Å². The first-order valence-electron chi connectivity index (χ1n) is 4.19. The molecule has 12 heavy (non-hydrogen) atoms. The van der Waals surface area contributed by atoms with Crippen molar-refractivity contribution in [3.05, 3.63) is 0 Å². The lowest BCUT2D eigenvalue weighted by molar-refractivity contribution is -0.124. The monoisotopic (exact) mass is 174 g/mol. The Morgan fingerprint density at radius 3 is 2.50 bits per heavy atom. The van der Waals surface area contributed by atoms with Gasteiger partial charge in [0.15, 0.2) is 0 Å². The fourth-order valence-corrected chi connectivity index (χ4v) is 0.930. The van der Waals surface area contributed by atoms with Crippen LogP contribution in [0.2, 0.25) is 0 Å². The molecule has 0 unspecified atom stereocenters. The Bertz CT molecular complexity index is 139. The molecule has 72 valence electrons. The number of rotatable bonds is 5. The van der Waals surface area contributed by atoms with E-state index in [1.54, 1.807) is 7.05 Å². The first-order valence-corrected chi connectivity index (χ1v) is 4.19. The summed E-state index contributed by atoms with van der Waals surface area (Å²) in [4.78, 5) is 15.6. The minimum atomic E-state index is 0.0251. The third kappa shape index (κ3) is 4.31. The van der Waals surface area contributed by atoms with Gasteiger partial charge < -0.3 is 10.2 Å². The van der Waals surface area contributed by atoms with Gasteiger partial charge in [0.1, 0.15) is 0 Å². The standard InChI is InChI=1S/C8H18N2O2/c1-6(8(11)10-3)4-5-7(2)12-9/h6-7H,4-5,9H2,1-3H3,(H,10,11)/t6-,7-/m1/s1. The summed E-state index contributed by atoms with van der Waals surface area (Å²) in [5.74, 6) is 5.07. The van der Waals surface area contributed by atoms with Crippen LogP contribution in [-0.4, -0.2) is 19.1 Å². The van der Waals surface area contributed by atoms with Crippen molar-refractivity contribution in [2.75, 3.05) is 7.05 Å². The smallest absolute Gasteiger partial charge is 0.222 e. The first kappa shape index (κ1) is 11.4. The molecule has 0 saturated carbocycles. The molecule has 0 spiro atoms. The number of nitrogens with one attached hydrogen (secondary N) is 1. The zero-order valence-electron chi connectivity index (χ0n) is 7.96. The lowest BCUT2D eigenvalue weighted by Gasteiger charge is -2.12. The van der Waals surface area contributed by atoms with E-state index in [0.717, 1.165) is 12.8 Å². The van der Waals surface area contributed by atoms with E-state index in [1.807, 2.05) is 13.8 Å². The molecule has 0 rings (SSSR count). The predicted octanol–water partition coefficient (Wildman–Crippen LogP) is 0.428. The summed E-state index contributed by atoms with van der Waals surface area (Å²) in [5, 5.41) is 2.60. The van der Waals surface area contributed by atoms with Crippen molar-refractivity contribution in [2.45, 2.75) is 32.8 Å². The van der Waals surface area contributed by atoms with Crippen molar-refractivity contribution in [1.82, 2.24) is 5.32 Å². The second kappa shape index (κ2) is 5.97. The highest BCUT2D eigenvalue weighted by Crippen LogP contribution is 2.08. The molecule has 0 radical (unpaired) electrons. The molecule has 0 aromatic rings. The Hall–Kier alpha value is -0.610. The number of carbonyl (C=O) groups excluding carboxylic acids is 1. The van der Waals surface area contributed by atoms with Gasteiger partial charge >= 0.3 is 0 Å². The Morgan fingerprint density at radius 2 is 2.08 bits per heavy atom. The summed E-state index contributed by atoms with van der Waals surface area (Å²) in [6.07, 6.45) is 1.64. The number of hydrogen-bond acceptors (Lipinski definition) is 3. The Morgan fingerprint density at radius 1 is 1.50 bits per heavy atom. The average molecular weight is 174 g/mol. The van der Waals surface area contributed by atoms with Crippen LogP contribution in [-0.2, 0) is 9.63 Å². The van der Waals surface area contributed by atoms with Gasteiger partial charge in [-0.2, -0.15) is 0 Å². The second-order valence-corrected chi connectivity index (χ2v) is 3.04. The molecule has 4 nitrogen and oxygen atoms in total. The van der Waals surface area contributed by atoms with Crippen LogP contribution in [0, 0.1) is 5.92 Å². The van der Waals surface area contributed by atoms with E-state index in [-0.39, 0.29) is 17.9 Å². The lowest BCUT2D eigenvalue weighted by Crippen LogP contribution is -2.26. The molecule has 0 aliphatic heterocycles. The molecular weight excluding hydrogens is 156 g/mol. The van der Waals surface area contributed by atoms with Crippen LogP contribution < -0.4 is 11.2 Å². The zero-order chi connectivity index (χ0) is 9.56. The zero-order valence-corrected chi connectivity index (χ0v) is 7.96. The molecule has 1 amide bonds. The van der Waals surface area contributed by atoms with Crippen molar-refractivity contribution in [3.63, 3.8) is 0 Å². The Kier molecular flexibility index (Phi) is 5.66. The van der Waals surface area contributed by atoms with Crippen molar-refractivity contribution in [3.8, 4) is 0 Å². The quantitative estimate of drug-likeness (QED) is 0.594.